The lowest BCUT2D eigenvalue weighted by molar-refractivity contribution is 0.464. The Balaban J connectivity index is 2.08. The molecule has 3 aromatic rings. The van der Waals surface area contributed by atoms with Crippen molar-refractivity contribution in [3.05, 3.63) is 46.6 Å². The number of benzene rings is 1. The zero-order chi connectivity index (χ0) is 13.4. The molecule has 0 aliphatic rings. The van der Waals surface area contributed by atoms with Gasteiger partial charge in [0, 0.05) is 0 Å². The molecule has 0 atom stereocenters. The van der Waals surface area contributed by atoms with E-state index >= 15 is 0 Å². The first kappa shape index (κ1) is 12.1. The lowest BCUT2D eigenvalue weighted by Gasteiger charge is -2.11. The van der Waals surface area contributed by atoms with Gasteiger partial charge in [-0.05, 0) is 55.0 Å². The standard InChI is InChI=1S/C15H14N2OS/c1-9-6-10(2)11(3)13(7-9)18-15-14-12(4-5-19-14)16-8-17-15/h4-8H,1-3H3. The molecule has 0 unspecified atom stereocenters. The minimum absolute atomic E-state index is 0.633. The number of aryl methyl sites for hydroxylation is 2. The van der Waals surface area contributed by atoms with Crippen molar-refractivity contribution in [3.63, 3.8) is 0 Å². The minimum atomic E-state index is 0.633. The summed E-state index contributed by atoms with van der Waals surface area (Å²) in [5.74, 6) is 1.50. The Morgan fingerprint density at radius 3 is 2.79 bits per heavy atom. The van der Waals surface area contributed by atoms with E-state index in [0.717, 1.165) is 21.5 Å². The first-order chi connectivity index (χ1) is 9.15. The van der Waals surface area contributed by atoms with E-state index in [0.29, 0.717) is 5.88 Å². The van der Waals surface area contributed by atoms with Crippen molar-refractivity contribution in [3.8, 4) is 11.6 Å². The van der Waals surface area contributed by atoms with Gasteiger partial charge in [-0.3, -0.25) is 0 Å². The van der Waals surface area contributed by atoms with Crippen LogP contribution in [0.5, 0.6) is 11.6 Å². The Kier molecular flexibility index (Phi) is 2.95. The van der Waals surface area contributed by atoms with Gasteiger partial charge in [-0.1, -0.05) is 6.07 Å². The highest BCUT2D eigenvalue weighted by Gasteiger charge is 2.10. The SMILES string of the molecule is Cc1cc(C)c(C)c(Oc2ncnc3ccsc23)c1. The van der Waals surface area contributed by atoms with Crippen LogP contribution < -0.4 is 4.74 Å². The van der Waals surface area contributed by atoms with Crippen LogP contribution in [0, 0.1) is 20.8 Å². The zero-order valence-electron chi connectivity index (χ0n) is 11.1. The highest BCUT2D eigenvalue weighted by Crippen LogP contribution is 2.33. The van der Waals surface area contributed by atoms with E-state index in [4.69, 9.17) is 4.74 Å². The summed E-state index contributed by atoms with van der Waals surface area (Å²) in [5, 5.41) is 2.00. The minimum Gasteiger partial charge on any atom is -0.437 e. The van der Waals surface area contributed by atoms with Crippen LogP contribution in [0.1, 0.15) is 16.7 Å². The zero-order valence-corrected chi connectivity index (χ0v) is 11.9. The number of thiophene rings is 1. The number of rotatable bonds is 2. The first-order valence-corrected chi connectivity index (χ1v) is 6.97. The molecule has 0 amide bonds. The molecule has 3 nitrogen and oxygen atoms in total. The molecule has 0 aliphatic carbocycles. The molecule has 0 N–H and O–H groups in total. The molecule has 19 heavy (non-hydrogen) atoms. The molecule has 96 valence electrons. The predicted molar refractivity (Wildman–Crippen MR) is 78.1 cm³/mol. The summed E-state index contributed by atoms with van der Waals surface area (Å²) in [6, 6.07) is 6.18. The topological polar surface area (TPSA) is 35.0 Å². The van der Waals surface area contributed by atoms with Gasteiger partial charge >= 0.3 is 0 Å². The van der Waals surface area contributed by atoms with E-state index < -0.39 is 0 Å². The van der Waals surface area contributed by atoms with Gasteiger partial charge in [0.15, 0.2) is 0 Å². The van der Waals surface area contributed by atoms with Crippen LogP contribution in [-0.4, -0.2) is 9.97 Å². The summed E-state index contributed by atoms with van der Waals surface area (Å²) in [4.78, 5) is 8.47. The quantitative estimate of drug-likeness (QED) is 0.692. The van der Waals surface area contributed by atoms with Crippen LogP contribution in [0.3, 0.4) is 0 Å². The fourth-order valence-corrected chi connectivity index (χ4v) is 2.82. The van der Waals surface area contributed by atoms with Crippen LogP contribution in [-0.2, 0) is 0 Å². The van der Waals surface area contributed by atoms with Gasteiger partial charge in [-0.2, -0.15) is 0 Å². The molecule has 1 aromatic carbocycles. The summed E-state index contributed by atoms with van der Waals surface area (Å²) < 4.78 is 6.99. The maximum absolute atomic E-state index is 6.00. The second kappa shape index (κ2) is 4.63. The molecule has 0 fully saturated rings. The lowest BCUT2D eigenvalue weighted by atomic mass is 10.1. The molecule has 3 rings (SSSR count). The maximum atomic E-state index is 6.00. The second-order valence-electron chi connectivity index (χ2n) is 4.62. The van der Waals surface area contributed by atoms with Crippen molar-refractivity contribution < 1.29 is 4.74 Å². The van der Waals surface area contributed by atoms with Gasteiger partial charge in [0.05, 0.1) is 5.52 Å². The van der Waals surface area contributed by atoms with E-state index in [1.807, 2.05) is 17.5 Å². The molecular weight excluding hydrogens is 256 g/mol. The number of hydrogen-bond acceptors (Lipinski definition) is 4. The maximum Gasteiger partial charge on any atom is 0.240 e. The summed E-state index contributed by atoms with van der Waals surface area (Å²) in [6.45, 7) is 6.23. The number of fused-ring (bicyclic) bond motifs is 1. The highest BCUT2D eigenvalue weighted by atomic mass is 32.1. The summed E-state index contributed by atoms with van der Waals surface area (Å²) in [5.41, 5.74) is 4.49. The average molecular weight is 270 g/mol. The van der Waals surface area contributed by atoms with E-state index in [2.05, 4.69) is 36.8 Å². The van der Waals surface area contributed by atoms with E-state index in [1.165, 1.54) is 11.1 Å². The van der Waals surface area contributed by atoms with Crippen LogP contribution in [0.2, 0.25) is 0 Å². The third kappa shape index (κ3) is 2.19. The van der Waals surface area contributed by atoms with Gasteiger partial charge < -0.3 is 4.74 Å². The lowest BCUT2D eigenvalue weighted by Crippen LogP contribution is -1.94. The number of aromatic nitrogens is 2. The van der Waals surface area contributed by atoms with Crippen molar-refractivity contribution in [2.45, 2.75) is 20.8 Å². The fraction of sp³-hybridized carbons (Fsp3) is 0.200. The molecule has 0 spiro atoms. The molecule has 2 aromatic heterocycles. The summed E-state index contributed by atoms with van der Waals surface area (Å²) >= 11 is 1.60. The summed E-state index contributed by atoms with van der Waals surface area (Å²) in [7, 11) is 0. The third-order valence-corrected chi connectivity index (χ3v) is 4.07. The van der Waals surface area contributed by atoms with Crippen LogP contribution >= 0.6 is 11.3 Å². The second-order valence-corrected chi connectivity index (χ2v) is 5.54. The number of hydrogen-bond donors (Lipinski definition) is 0. The molecule has 0 saturated heterocycles. The van der Waals surface area contributed by atoms with Gasteiger partial charge in [0.1, 0.15) is 16.8 Å². The Bertz CT molecular complexity index is 749. The predicted octanol–water partition coefficient (Wildman–Crippen LogP) is 4.41. The Hall–Kier alpha value is -1.94. The van der Waals surface area contributed by atoms with Crippen molar-refractivity contribution in [2.24, 2.45) is 0 Å². The van der Waals surface area contributed by atoms with Crippen LogP contribution in [0.4, 0.5) is 0 Å². The molecule has 0 saturated carbocycles. The number of ether oxygens (including phenoxy) is 1. The van der Waals surface area contributed by atoms with Crippen molar-refractivity contribution in [1.82, 2.24) is 9.97 Å². The fourth-order valence-electron chi connectivity index (χ4n) is 2.05. The summed E-state index contributed by atoms with van der Waals surface area (Å²) in [6.07, 6.45) is 1.54. The molecule has 2 heterocycles. The molecule has 0 aliphatic heterocycles. The van der Waals surface area contributed by atoms with Gasteiger partial charge in [-0.25, -0.2) is 9.97 Å². The Morgan fingerprint density at radius 1 is 1.11 bits per heavy atom. The first-order valence-electron chi connectivity index (χ1n) is 6.09. The highest BCUT2D eigenvalue weighted by molar-refractivity contribution is 7.17. The average Bonchev–Trinajstić information content (AvgIpc) is 2.84. The van der Waals surface area contributed by atoms with E-state index in [-0.39, 0.29) is 0 Å². The Morgan fingerprint density at radius 2 is 1.95 bits per heavy atom. The molecule has 4 heteroatoms. The van der Waals surface area contributed by atoms with Crippen LogP contribution in [0.25, 0.3) is 10.2 Å². The largest absolute Gasteiger partial charge is 0.437 e. The molecular formula is C15H14N2OS. The van der Waals surface area contributed by atoms with Crippen molar-refractivity contribution in [1.29, 1.82) is 0 Å². The smallest absolute Gasteiger partial charge is 0.240 e. The van der Waals surface area contributed by atoms with Crippen molar-refractivity contribution >= 4 is 21.6 Å². The molecule has 0 radical (unpaired) electrons. The third-order valence-electron chi connectivity index (χ3n) is 3.18. The van der Waals surface area contributed by atoms with Gasteiger partial charge in [-0.15, -0.1) is 11.3 Å². The van der Waals surface area contributed by atoms with Crippen LogP contribution in [0.15, 0.2) is 29.9 Å². The van der Waals surface area contributed by atoms with Crippen molar-refractivity contribution in [2.75, 3.05) is 0 Å². The Labute approximate surface area is 115 Å². The van der Waals surface area contributed by atoms with E-state index in [1.54, 1.807) is 17.7 Å². The van der Waals surface area contributed by atoms with Gasteiger partial charge in [0.2, 0.25) is 5.88 Å². The number of nitrogens with zero attached hydrogens (tertiary/aromatic N) is 2. The van der Waals surface area contributed by atoms with E-state index in [9.17, 15) is 0 Å². The van der Waals surface area contributed by atoms with Gasteiger partial charge in [0.25, 0.3) is 0 Å². The molecule has 0 bridgehead atoms. The monoisotopic (exact) mass is 270 g/mol. The normalized spacial score (nSPS) is 10.9.